The molecular formula is C16H25NO2S. The second-order valence-electron chi connectivity index (χ2n) is 7.34. The van der Waals surface area contributed by atoms with E-state index in [1.54, 1.807) is 11.3 Å². The predicted molar refractivity (Wildman–Crippen MR) is 82.2 cm³/mol. The molecule has 112 valence electrons. The number of aliphatic carboxylic acids is 1. The topological polar surface area (TPSA) is 50.2 Å². The Labute approximate surface area is 125 Å². The van der Waals surface area contributed by atoms with Crippen LogP contribution < -0.4 is 0 Å². The van der Waals surface area contributed by atoms with Crippen LogP contribution in [0.3, 0.4) is 0 Å². The molecule has 2 atom stereocenters. The molecular weight excluding hydrogens is 270 g/mol. The second-order valence-corrected chi connectivity index (χ2v) is 8.28. The monoisotopic (exact) mass is 295 g/mol. The van der Waals surface area contributed by atoms with Gasteiger partial charge in [0.2, 0.25) is 0 Å². The van der Waals surface area contributed by atoms with Gasteiger partial charge in [0, 0.05) is 17.2 Å². The van der Waals surface area contributed by atoms with E-state index in [4.69, 9.17) is 0 Å². The molecule has 0 aromatic carbocycles. The zero-order valence-electron chi connectivity index (χ0n) is 12.9. The minimum atomic E-state index is -0.642. The molecule has 0 aliphatic heterocycles. The van der Waals surface area contributed by atoms with Crippen LogP contribution in [-0.4, -0.2) is 16.1 Å². The largest absolute Gasteiger partial charge is 0.481 e. The lowest BCUT2D eigenvalue weighted by atomic mass is 9.68. The fraction of sp³-hybridized carbons (Fsp3) is 0.750. The zero-order chi connectivity index (χ0) is 15.0. The van der Waals surface area contributed by atoms with E-state index >= 15 is 0 Å². The number of aromatic nitrogens is 1. The summed E-state index contributed by atoms with van der Waals surface area (Å²) >= 11 is 1.61. The standard InChI is InChI=1S/C16H25NO2S/c1-11-6-5-7-16(8-11,14(18)19)9-13-17-12(10-20-13)15(2,3)4/h10-11H,5-9H2,1-4H3,(H,18,19). The number of carboxylic acid groups (broad SMARTS) is 1. The molecule has 1 N–H and O–H groups in total. The number of hydrogen-bond acceptors (Lipinski definition) is 3. The lowest BCUT2D eigenvalue weighted by Gasteiger charge is -2.35. The summed E-state index contributed by atoms with van der Waals surface area (Å²) in [5, 5.41) is 12.8. The lowest BCUT2D eigenvalue weighted by Crippen LogP contribution is -2.38. The number of carboxylic acids is 1. The predicted octanol–water partition coefficient (Wildman–Crippen LogP) is 4.26. The molecule has 1 aliphatic rings. The summed E-state index contributed by atoms with van der Waals surface area (Å²) < 4.78 is 0. The quantitative estimate of drug-likeness (QED) is 0.906. The molecule has 0 spiro atoms. The maximum absolute atomic E-state index is 11.8. The van der Waals surface area contributed by atoms with Crippen LogP contribution in [0.4, 0.5) is 0 Å². The number of carbonyl (C=O) groups is 1. The van der Waals surface area contributed by atoms with Crippen molar-refractivity contribution >= 4 is 17.3 Å². The number of thiazole rings is 1. The highest BCUT2D eigenvalue weighted by molar-refractivity contribution is 7.09. The average Bonchev–Trinajstić information content (AvgIpc) is 2.76. The number of hydrogen-bond donors (Lipinski definition) is 1. The van der Waals surface area contributed by atoms with Gasteiger partial charge in [-0.15, -0.1) is 11.3 Å². The highest BCUT2D eigenvalue weighted by Crippen LogP contribution is 2.42. The molecule has 0 amide bonds. The summed E-state index contributed by atoms with van der Waals surface area (Å²) in [4.78, 5) is 16.5. The van der Waals surface area contributed by atoms with Crippen molar-refractivity contribution in [1.29, 1.82) is 0 Å². The summed E-state index contributed by atoms with van der Waals surface area (Å²) in [6, 6.07) is 0. The van der Waals surface area contributed by atoms with Crippen LogP contribution in [0.1, 0.15) is 64.1 Å². The van der Waals surface area contributed by atoms with Gasteiger partial charge in [0.1, 0.15) is 0 Å². The molecule has 4 heteroatoms. The van der Waals surface area contributed by atoms with Gasteiger partial charge in [0.05, 0.1) is 16.1 Å². The fourth-order valence-corrected chi connectivity index (χ4v) is 4.28. The summed E-state index contributed by atoms with van der Waals surface area (Å²) in [5.41, 5.74) is 0.511. The first-order valence-electron chi connectivity index (χ1n) is 7.41. The van der Waals surface area contributed by atoms with Crippen LogP contribution in [0.15, 0.2) is 5.38 Å². The van der Waals surface area contributed by atoms with Crippen molar-refractivity contribution < 1.29 is 9.90 Å². The molecule has 0 saturated heterocycles. The van der Waals surface area contributed by atoms with Crippen molar-refractivity contribution in [2.24, 2.45) is 11.3 Å². The van der Waals surface area contributed by atoms with E-state index in [1.165, 1.54) is 0 Å². The van der Waals surface area contributed by atoms with Crippen LogP contribution in [0, 0.1) is 11.3 Å². The van der Waals surface area contributed by atoms with Gasteiger partial charge in [0.15, 0.2) is 0 Å². The van der Waals surface area contributed by atoms with Crippen LogP contribution in [0.2, 0.25) is 0 Å². The molecule has 1 aliphatic carbocycles. The number of nitrogens with zero attached hydrogens (tertiary/aromatic N) is 1. The smallest absolute Gasteiger partial charge is 0.310 e. The molecule has 20 heavy (non-hydrogen) atoms. The van der Waals surface area contributed by atoms with Gasteiger partial charge in [-0.05, 0) is 18.8 Å². The van der Waals surface area contributed by atoms with Gasteiger partial charge in [0.25, 0.3) is 0 Å². The van der Waals surface area contributed by atoms with E-state index in [-0.39, 0.29) is 5.41 Å². The van der Waals surface area contributed by atoms with Crippen LogP contribution in [0.5, 0.6) is 0 Å². The molecule has 1 heterocycles. The maximum atomic E-state index is 11.8. The van der Waals surface area contributed by atoms with Crippen molar-refractivity contribution in [2.45, 2.75) is 65.2 Å². The molecule has 1 aromatic heterocycles. The first-order chi connectivity index (χ1) is 9.23. The van der Waals surface area contributed by atoms with Gasteiger partial charge < -0.3 is 5.11 Å². The number of rotatable bonds is 3. The Morgan fingerprint density at radius 3 is 2.75 bits per heavy atom. The van der Waals surface area contributed by atoms with E-state index in [2.05, 4.69) is 38.1 Å². The second kappa shape index (κ2) is 5.47. The van der Waals surface area contributed by atoms with Crippen LogP contribution in [-0.2, 0) is 16.6 Å². The fourth-order valence-electron chi connectivity index (χ4n) is 3.12. The lowest BCUT2D eigenvalue weighted by molar-refractivity contribution is -0.152. The molecule has 2 unspecified atom stereocenters. The summed E-state index contributed by atoms with van der Waals surface area (Å²) in [7, 11) is 0. The van der Waals surface area contributed by atoms with E-state index < -0.39 is 11.4 Å². The van der Waals surface area contributed by atoms with Gasteiger partial charge in [-0.2, -0.15) is 0 Å². The van der Waals surface area contributed by atoms with Crippen molar-refractivity contribution in [1.82, 2.24) is 4.98 Å². The van der Waals surface area contributed by atoms with Crippen molar-refractivity contribution in [3.63, 3.8) is 0 Å². The van der Waals surface area contributed by atoms with Crippen LogP contribution >= 0.6 is 11.3 Å². The van der Waals surface area contributed by atoms with E-state index in [1.807, 2.05) is 0 Å². The molecule has 0 radical (unpaired) electrons. The van der Waals surface area contributed by atoms with Gasteiger partial charge in [-0.25, -0.2) is 4.98 Å². The van der Waals surface area contributed by atoms with E-state index in [9.17, 15) is 9.90 Å². The first-order valence-corrected chi connectivity index (χ1v) is 8.29. The van der Waals surface area contributed by atoms with Gasteiger partial charge >= 0.3 is 5.97 Å². The minimum absolute atomic E-state index is 0.0327. The van der Waals surface area contributed by atoms with E-state index in [0.29, 0.717) is 12.3 Å². The van der Waals surface area contributed by atoms with E-state index in [0.717, 1.165) is 36.4 Å². The van der Waals surface area contributed by atoms with Crippen molar-refractivity contribution in [2.75, 3.05) is 0 Å². The van der Waals surface area contributed by atoms with Crippen molar-refractivity contribution in [3.05, 3.63) is 16.1 Å². The maximum Gasteiger partial charge on any atom is 0.310 e. The van der Waals surface area contributed by atoms with Crippen molar-refractivity contribution in [3.8, 4) is 0 Å². The third kappa shape index (κ3) is 3.22. The third-order valence-electron chi connectivity index (χ3n) is 4.35. The van der Waals surface area contributed by atoms with Gasteiger partial charge in [-0.1, -0.05) is 40.5 Å². The molecule has 2 rings (SSSR count). The summed E-state index contributed by atoms with van der Waals surface area (Å²) in [6.07, 6.45) is 4.34. The Morgan fingerprint density at radius 1 is 1.55 bits per heavy atom. The van der Waals surface area contributed by atoms with Crippen LogP contribution in [0.25, 0.3) is 0 Å². The Morgan fingerprint density at radius 2 is 2.25 bits per heavy atom. The highest BCUT2D eigenvalue weighted by Gasteiger charge is 2.42. The Kier molecular flexibility index (Phi) is 4.24. The molecule has 0 bridgehead atoms. The third-order valence-corrected chi connectivity index (χ3v) is 5.20. The summed E-state index contributed by atoms with van der Waals surface area (Å²) in [5.74, 6) is -0.140. The normalized spacial score (nSPS) is 27.5. The minimum Gasteiger partial charge on any atom is -0.481 e. The summed E-state index contributed by atoms with van der Waals surface area (Å²) in [6.45, 7) is 8.59. The Bertz CT molecular complexity index is 489. The molecule has 1 fully saturated rings. The molecule has 3 nitrogen and oxygen atoms in total. The molecule has 1 saturated carbocycles. The average molecular weight is 295 g/mol. The van der Waals surface area contributed by atoms with Gasteiger partial charge in [-0.3, -0.25) is 4.79 Å². The molecule has 1 aromatic rings. The zero-order valence-corrected chi connectivity index (χ0v) is 13.7. The Hall–Kier alpha value is -0.900. The highest BCUT2D eigenvalue weighted by atomic mass is 32.1. The Balaban J connectivity index is 2.21. The SMILES string of the molecule is CC1CCCC(Cc2nc(C(C)(C)C)cs2)(C(=O)O)C1. The first kappa shape index (κ1) is 15.5.